The van der Waals surface area contributed by atoms with E-state index < -0.39 is 0 Å². The summed E-state index contributed by atoms with van der Waals surface area (Å²) in [5.74, 6) is 0.978. The highest BCUT2D eigenvalue weighted by atomic mass is 15.2. The minimum absolute atomic E-state index is 0.978. The van der Waals surface area contributed by atoms with Crippen molar-refractivity contribution >= 4 is 12.0 Å². The van der Waals surface area contributed by atoms with Gasteiger partial charge in [0, 0.05) is 13.1 Å². The SMILES string of the molecule is C=Cc1cnc2n1CCCN2. The second-order valence-corrected chi connectivity index (χ2v) is 2.64. The van der Waals surface area contributed by atoms with Gasteiger partial charge in [-0.2, -0.15) is 0 Å². The highest BCUT2D eigenvalue weighted by Gasteiger charge is 2.10. The normalized spacial score (nSPS) is 15.3. The second kappa shape index (κ2) is 2.42. The van der Waals surface area contributed by atoms with E-state index in [1.54, 1.807) is 0 Å². The number of anilines is 1. The fourth-order valence-corrected chi connectivity index (χ4v) is 1.37. The molecule has 1 aliphatic heterocycles. The summed E-state index contributed by atoms with van der Waals surface area (Å²) in [5, 5.41) is 3.22. The molecule has 0 aliphatic carbocycles. The molecule has 1 aromatic heterocycles. The summed E-state index contributed by atoms with van der Waals surface area (Å²) >= 11 is 0. The molecule has 0 saturated heterocycles. The monoisotopic (exact) mass is 149 g/mol. The lowest BCUT2D eigenvalue weighted by Crippen LogP contribution is -2.17. The Morgan fingerprint density at radius 1 is 1.73 bits per heavy atom. The van der Waals surface area contributed by atoms with Crippen LogP contribution in [-0.4, -0.2) is 16.1 Å². The van der Waals surface area contributed by atoms with Crippen LogP contribution >= 0.6 is 0 Å². The van der Waals surface area contributed by atoms with E-state index in [2.05, 4.69) is 21.4 Å². The van der Waals surface area contributed by atoms with Crippen molar-refractivity contribution in [2.24, 2.45) is 0 Å². The van der Waals surface area contributed by atoms with Crippen molar-refractivity contribution in [3.63, 3.8) is 0 Å². The van der Waals surface area contributed by atoms with Crippen LogP contribution in [0.3, 0.4) is 0 Å². The third kappa shape index (κ3) is 0.926. The number of nitrogens with one attached hydrogen (secondary N) is 1. The first-order chi connectivity index (χ1) is 5.42. The minimum Gasteiger partial charge on any atom is -0.356 e. The van der Waals surface area contributed by atoms with Crippen molar-refractivity contribution in [1.29, 1.82) is 0 Å². The molecule has 1 N–H and O–H groups in total. The van der Waals surface area contributed by atoms with Crippen molar-refractivity contribution in [2.45, 2.75) is 13.0 Å². The number of imidazole rings is 1. The summed E-state index contributed by atoms with van der Waals surface area (Å²) < 4.78 is 2.15. The van der Waals surface area contributed by atoms with E-state index in [4.69, 9.17) is 0 Å². The van der Waals surface area contributed by atoms with Crippen LogP contribution in [0.5, 0.6) is 0 Å². The van der Waals surface area contributed by atoms with E-state index in [-0.39, 0.29) is 0 Å². The average molecular weight is 149 g/mol. The summed E-state index contributed by atoms with van der Waals surface area (Å²) in [6, 6.07) is 0. The Bertz CT molecular complexity index is 275. The van der Waals surface area contributed by atoms with Gasteiger partial charge in [0.15, 0.2) is 0 Å². The third-order valence-corrected chi connectivity index (χ3v) is 1.94. The molecule has 0 fully saturated rings. The molecule has 0 bridgehead atoms. The molecule has 2 rings (SSSR count). The molecule has 0 radical (unpaired) electrons. The van der Waals surface area contributed by atoms with Gasteiger partial charge in [0.2, 0.25) is 5.95 Å². The molecule has 0 spiro atoms. The summed E-state index contributed by atoms with van der Waals surface area (Å²) in [4.78, 5) is 4.21. The largest absolute Gasteiger partial charge is 0.356 e. The van der Waals surface area contributed by atoms with Gasteiger partial charge in [-0.1, -0.05) is 6.58 Å². The number of nitrogens with zero attached hydrogens (tertiary/aromatic N) is 2. The Morgan fingerprint density at radius 2 is 2.64 bits per heavy atom. The van der Waals surface area contributed by atoms with Gasteiger partial charge in [-0.05, 0) is 12.5 Å². The van der Waals surface area contributed by atoms with E-state index in [9.17, 15) is 0 Å². The lowest BCUT2D eigenvalue weighted by Gasteiger charge is -2.16. The summed E-state index contributed by atoms with van der Waals surface area (Å²) in [6.45, 7) is 5.82. The van der Waals surface area contributed by atoms with Gasteiger partial charge in [-0.3, -0.25) is 0 Å². The number of fused-ring (bicyclic) bond motifs is 1. The Balaban J connectivity index is 2.45. The fourth-order valence-electron chi connectivity index (χ4n) is 1.37. The van der Waals surface area contributed by atoms with Crippen LogP contribution in [0, 0.1) is 0 Å². The van der Waals surface area contributed by atoms with E-state index in [1.165, 1.54) is 6.42 Å². The maximum absolute atomic E-state index is 4.21. The lowest BCUT2D eigenvalue weighted by molar-refractivity contribution is 0.624. The van der Waals surface area contributed by atoms with Gasteiger partial charge in [-0.25, -0.2) is 4.98 Å². The van der Waals surface area contributed by atoms with Gasteiger partial charge in [0.05, 0.1) is 11.9 Å². The molecule has 3 nitrogen and oxygen atoms in total. The topological polar surface area (TPSA) is 29.9 Å². The fraction of sp³-hybridized carbons (Fsp3) is 0.375. The van der Waals surface area contributed by atoms with Crippen LogP contribution in [0.15, 0.2) is 12.8 Å². The maximum atomic E-state index is 4.21. The summed E-state index contributed by atoms with van der Waals surface area (Å²) in [6.07, 6.45) is 4.86. The zero-order valence-electron chi connectivity index (χ0n) is 6.38. The van der Waals surface area contributed by atoms with Crippen molar-refractivity contribution in [2.75, 3.05) is 11.9 Å². The highest BCUT2D eigenvalue weighted by molar-refractivity contribution is 5.46. The van der Waals surface area contributed by atoms with E-state index in [0.717, 1.165) is 24.7 Å². The molecule has 0 unspecified atom stereocenters. The molecule has 11 heavy (non-hydrogen) atoms. The molecule has 58 valence electrons. The predicted molar refractivity (Wildman–Crippen MR) is 45.4 cm³/mol. The quantitative estimate of drug-likeness (QED) is 0.653. The molecule has 0 amide bonds. The maximum Gasteiger partial charge on any atom is 0.203 e. The zero-order valence-corrected chi connectivity index (χ0v) is 6.38. The van der Waals surface area contributed by atoms with Gasteiger partial charge in [0.1, 0.15) is 0 Å². The Kier molecular flexibility index (Phi) is 1.42. The van der Waals surface area contributed by atoms with E-state index >= 15 is 0 Å². The van der Waals surface area contributed by atoms with E-state index in [0.29, 0.717) is 0 Å². The van der Waals surface area contributed by atoms with Crippen molar-refractivity contribution in [3.8, 4) is 0 Å². The first kappa shape index (κ1) is 6.46. The molecule has 0 atom stereocenters. The minimum atomic E-state index is 0.978. The Labute approximate surface area is 65.7 Å². The van der Waals surface area contributed by atoms with E-state index in [1.807, 2.05) is 12.3 Å². The van der Waals surface area contributed by atoms with Gasteiger partial charge in [-0.15, -0.1) is 0 Å². The molecule has 2 heterocycles. The molecule has 3 heteroatoms. The zero-order chi connectivity index (χ0) is 7.68. The first-order valence-electron chi connectivity index (χ1n) is 3.83. The van der Waals surface area contributed by atoms with Crippen molar-refractivity contribution in [1.82, 2.24) is 9.55 Å². The van der Waals surface area contributed by atoms with Crippen LogP contribution in [0.25, 0.3) is 6.08 Å². The van der Waals surface area contributed by atoms with Gasteiger partial charge >= 0.3 is 0 Å². The number of hydrogen-bond donors (Lipinski definition) is 1. The highest BCUT2D eigenvalue weighted by Crippen LogP contribution is 2.15. The number of hydrogen-bond acceptors (Lipinski definition) is 2. The molecule has 0 saturated carbocycles. The third-order valence-electron chi connectivity index (χ3n) is 1.94. The Hall–Kier alpha value is -1.25. The molecule has 0 aromatic carbocycles. The van der Waals surface area contributed by atoms with Gasteiger partial charge in [0.25, 0.3) is 0 Å². The molecule has 1 aromatic rings. The van der Waals surface area contributed by atoms with Crippen LogP contribution in [-0.2, 0) is 6.54 Å². The van der Waals surface area contributed by atoms with Crippen LogP contribution in [0.4, 0.5) is 5.95 Å². The van der Waals surface area contributed by atoms with Crippen molar-refractivity contribution in [3.05, 3.63) is 18.5 Å². The Morgan fingerprint density at radius 3 is 3.45 bits per heavy atom. The van der Waals surface area contributed by atoms with Crippen LogP contribution < -0.4 is 5.32 Å². The molecular formula is C8H11N3. The van der Waals surface area contributed by atoms with Crippen LogP contribution in [0.2, 0.25) is 0 Å². The summed E-state index contributed by atoms with van der Waals surface area (Å²) in [5.41, 5.74) is 1.10. The van der Waals surface area contributed by atoms with Gasteiger partial charge < -0.3 is 9.88 Å². The van der Waals surface area contributed by atoms with Crippen molar-refractivity contribution < 1.29 is 0 Å². The number of rotatable bonds is 1. The second-order valence-electron chi connectivity index (χ2n) is 2.64. The lowest BCUT2D eigenvalue weighted by atomic mass is 10.3. The van der Waals surface area contributed by atoms with Crippen LogP contribution in [0.1, 0.15) is 12.1 Å². The first-order valence-corrected chi connectivity index (χ1v) is 3.83. The molecular weight excluding hydrogens is 138 g/mol. The predicted octanol–water partition coefficient (Wildman–Crippen LogP) is 1.34. The molecule has 1 aliphatic rings. The average Bonchev–Trinajstić information content (AvgIpc) is 2.47. The smallest absolute Gasteiger partial charge is 0.203 e. The summed E-state index contributed by atoms with van der Waals surface area (Å²) in [7, 11) is 0. The number of aromatic nitrogens is 2. The standard InChI is InChI=1S/C8H11N3/c1-2-7-6-10-8-9-4-3-5-11(7)8/h2,6H,1,3-5H2,(H,9,10).